The molecule has 0 aromatic carbocycles. The predicted octanol–water partition coefficient (Wildman–Crippen LogP) is -0.691. The lowest BCUT2D eigenvalue weighted by molar-refractivity contribution is -0.142. The first-order valence-electron chi connectivity index (χ1n) is 8.66. The normalized spacial score (nSPS) is 15.0. The van der Waals surface area contributed by atoms with E-state index in [2.05, 4.69) is 28.6 Å². The van der Waals surface area contributed by atoms with Gasteiger partial charge in [0.05, 0.1) is 6.04 Å². The third kappa shape index (κ3) is 10.4. The van der Waals surface area contributed by atoms with Crippen LogP contribution in [0.2, 0.25) is 0 Å². The number of hydrogen-bond donors (Lipinski definition) is 6. The molecule has 0 spiro atoms. The number of aliphatic carboxylic acids is 1. The van der Waals surface area contributed by atoms with Crippen molar-refractivity contribution in [2.75, 3.05) is 29.8 Å². The summed E-state index contributed by atoms with van der Waals surface area (Å²) < 4.78 is 0. The third-order valence-corrected chi connectivity index (χ3v) is 5.44. The molecule has 28 heavy (non-hydrogen) atoms. The maximum absolute atomic E-state index is 12.5. The van der Waals surface area contributed by atoms with Crippen LogP contribution >= 0.6 is 36.2 Å². The standard InChI is InChI=1S/C16H30N4O5S3/c1-9(18-14(22)10(17)8-26)13(21)19-11(4-6-27-2)15(23)20-12(16(24)25)5-7-28-3/h9-12,26H,4-8,17H2,1-3H3,(H,18,22)(H,19,21)(H,20,23)(H,24,25). The van der Waals surface area contributed by atoms with E-state index in [0.29, 0.717) is 17.9 Å². The smallest absolute Gasteiger partial charge is 0.326 e. The number of hydrogen-bond acceptors (Lipinski definition) is 8. The Hall–Kier alpha value is -1.11. The number of carboxylic acids is 1. The van der Waals surface area contributed by atoms with E-state index in [4.69, 9.17) is 5.73 Å². The number of nitrogens with two attached hydrogens (primary N) is 1. The summed E-state index contributed by atoms with van der Waals surface area (Å²) in [6.07, 6.45) is 4.30. The Bertz CT molecular complexity index is 538. The molecule has 0 aromatic heterocycles. The zero-order valence-electron chi connectivity index (χ0n) is 16.3. The molecule has 162 valence electrons. The van der Waals surface area contributed by atoms with Gasteiger partial charge in [0.1, 0.15) is 18.1 Å². The fraction of sp³-hybridized carbons (Fsp3) is 0.750. The quantitative estimate of drug-likeness (QED) is 0.189. The summed E-state index contributed by atoms with van der Waals surface area (Å²) >= 11 is 6.90. The average molecular weight is 455 g/mol. The predicted molar refractivity (Wildman–Crippen MR) is 117 cm³/mol. The first kappa shape index (κ1) is 26.9. The minimum Gasteiger partial charge on any atom is -0.480 e. The minimum atomic E-state index is -1.13. The third-order valence-electron chi connectivity index (χ3n) is 3.75. The van der Waals surface area contributed by atoms with Crippen molar-refractivity contribution in [3.63, 3.8) is 0 Å². The van der Waals surface area contributed by atoms with E-state index in [1.807, 2.05) is 12.5 Å². The molecule has 0 fully saturated rings. The summed E-state index contributed by atoms with van der Waals surface area (Å²) in [7, 11) is 0. The van der Waals surface area contributed by atoms with E-state index >= 15 is 0 Å². The molecule has 0 aliphatic carbocycles. The number of carbonyl (C=O) groups excluding carboxylic acids is 3. The summed E-state index contributed by atoms with van der Waals surface area (Å²) in [5, 5.41) is 16.8. The van der Waals surface area contributed by atoms with Gasteiger partial charge in [-0.25, -0.2) is 4.79 Å². The molecule has 3 amide bonds. The van der Waals surface area contributed by atoms with Crippen molar-refractivity contribution in [3.8, 4) is 0 Å². The van der Waals surface area contributed by atoms with Crippen molar-refractivity contribution in [1.29, 1.82) is 0 Å². The van der Waals surface area contributed by atoms with Gasteiger partial charge in [0.25, 0.3) is 0 Å². The Labute approximate surface area is 179 Å². The molecule has 0 aromatic rings. The van der Waals surface area contributed by atoms with Crippen LogP contribution in [-0.2, 0) is 19.2 Å². The van der Waals surface area contributed by atoms with E-state index in [-0.39, 0.29) is 12.2 Å². The molecular weight excluding hydrogens is 424 g/mol. The highest BCUT2D eigenvalue weighted by Gasteiger charge is 2.28. The second-order valence-corrected chi connectivity index (χ2v) is 8.38. The minimum absolute atomic E-state index is 0.131. The Morgan fingerprint density at radius 1 is 0.929 bits per heavy atom. The van der Waals surface area contributed by atoms with Crippen molar-refractivity contribution in [2.45, 2.75) is 43.9 Å². The number of thiol groups is 1. The molecule has 0 aliphatic rings. The molecule has 0 rings (SSSR count). The molecule has 9 nitrogen and oxygen atoms in total. The van der Waals surface area contributed by atoms with Crippen LogP contribution in [0, 0.1) is 0 Å². The summed E-state index contributed by atoms with van der Waals surface area (Å²) in [5.74, 6) is -1.48. The lowest BCUT2D eigenvalue weighted by Gasteiger charge is -2.23. The molecule has 0 aliphatic heterocycles. The van der Waals surface area contributed by atoms with Gasteiger partial charge in [-0.15, -0.1) is 0 Å². The van der Waals surface area contributed by atoms with Gasteiger partial charge >= 0.3 is 5.97 Å². The number of thioether (sulfide) groups is 2. The monoisotopic (exact) mass is 454 g/mol. The summed E-state index contributed by atoms with van der Waals surface area (Å²) in [6, 6.07) is -3.69. The number of nitrogens with one attached hydrogen (secondary N) is 3. The Morgan fingerprint density at radius 3 is 1.89 bits per heavy atom. The van der Waals surface area contributed by atoms with Gasteiger partial charge in [0, 0.05) is 5.75 Å². The molecular formula is C16H30N4O5S3. The Balaban J connectivity index is 4.99. The van der Waals surface area contributed by atoms with Crippen LogP contribution in [0.25, 0.3) is 0 Å². The molecule has 4 unspecified atom stereocenters. The number of carbonyl (C=O) groups is 4. The maximum Gasteiger partial charge on any atom is 0.326 e. The molecule has 0 saturated carbocycles. The van der Waals surface area contributed by atoms with Crippen LogP contribution in [0.4, 0.5) is 0 Å². The van der Waals surface area contributed by atoms with E-state index in [1.165, 1.54) is 30.4 Å². The zero-order chi connectivity index (χ0) is 21.7. The molecule has 0 radical (unpaired) electrons. The second-order valence-electron chi connectivity index (χ2n) is 6.04. The molecule has 0 heterocycles. The molecule has 6 N–H and O–H groups in total. The largest absolute Gasteiger partial charge is 0.480 e. The Kier molecular flexibility index (Phi) is 14.2. The van der Waals surface area contributed by atoms with Gasteiger partial charge in [-0.2, -0.15) is 36.2 Å². The molecule has 4 atom stereocenters. The van der Waals surface area contributed by atoms with Gasteiger partial charge < -0.3 is 26.8 Å². The fourth-order valence-electron chi connectivity index (χ4n) is 2.04. The van der Waals surface area contributed by atoms with E-state index < -0.39 is 47.9 Å². The highest BCUT2D eigenvalue weighted by atomic mass is 32.2. The number of rotatable bonds is 14. The summed E-state index contributed by atoms with van der Waals surface area (Å²) in [5.41, 5.74) is 5.56. The number of carboxylic acid groups (broad SMARTS) is 1. The summed E-state index contributed by atoms with van der Waals surface area (Å²) in [6.45, 7) is 1.47. The van der Waals surface area contributed by atoms with Crippen molar-refractivity contribution in [1.82, 2.24) is 16.0 Å². The lowest BCUT2D eigenvalue weighted by atomic mass is 10.1. The SMILES string of the molecule is CSCCC(NC(=O)C(CCSC)NC(=O)C(C)NC(=O)C(N)CS)C(=O)O. The second kappa shape index (κ2) is 14.8. The average Bonchev–Trinajstić information content (AvgIpc) is 2.66. The van der Waals surface area contributed by atoms with Gasteiger partial charge in [-0.1, -0.05) is 0 Å². The molecule has 0 bridgehead atoms. The maximum atomic E-state index is 12.5. The van der Waals surface area contributed by atoms with Crippen LogP contribution in [0.3, 0.4) is 0 Å². The van der Waals surface area contributed by atoms with Gasteiger partial charge in [-0.05, 0) is 43.8 Å². The van der Waals surface area contributed by atoms with Gasteiger partial charge in [0.15, 0.2) is 0 Å². The van der Waals surface area contributed by atoms with Crippen LogP contribution in [0.15, 0.2) is 0 Å². The zero-order valence-corrected chi connectivity index (χ0v) is 18.8. The van der Waals surface area contributed by atoms with E-state index in [9.17, 15) is 24.3 Å². The van der Waals surface area contributed by atoms with E-state index in [1.54, 1.807) is 0 Å². The van der Waals surface area contributed by atoms with Crippen LogP contribution in [0.5, 0.6) is 0 Å². The van der Waals surface area contributed by atoms with Crippen LogP contribution in [0.1, 0.15) is 19.8 Å². The van der Waals surface area contributed by atoms with E-state index in [0.717, 1.165) is 0 Å². The van der Waals surface area contributed by atoms with Crippen molar-refractivity contribution in [3.05, 3.63) is 0 Å². The van der Waals surface area contributed by atoms with Gasteiger partial charge in [0.2, 0.25) is 17.7 Å². The number of amides is 3. The fourth-order valence-corrected chi connectivity index (χ4v) is 3.14. The topological polar surface area (TPSA) is 151 Å². The first-order valence-corrected chi connectivity index (χ1v) is 12.1. The molecule has 0 saturated heterocycles. The highest BCUT2D eigenvalue weighted by Crippen LogP contribution is 2.05. The Morgan fingerprint density at radius 2 is 1.43 bits per heavy atom. The molecule has 12 heteroatoms. The van der Waals surface area contributed by atoms with Gasteiger partial charge in [-0.3, -0.25) is 14.4 Å². The summed E-state index contributed by atoms with van der Waals surface area (Å²) in [4.78, 5) is 48.0. The first-order chi connectivity index (χ1) is 13.2. The van der Waals surface area contributed by atoms with Crippen LogP contribution < -0.4 is 21.7 Å². The highest BCUT2D eigenvalue weighted by molar-refractivity contribution is 7.98. The van der Waals surface area contributed by atoms with Crippen molar-refractivity contribution in [2.24, 2.45) is 5.73 Å². The van der Waals surface area contributed by atoms with Crippen molar-refractivity contribution >= 4 is 59.8 Å². The lowest BCUT2D eigenvalue weighted by Crippen LogP contribution is -2.56. The van der Waals surface area contributed by atoms with Crippen LogP contribution in [-0.4, -0.2) is 82.7 Å². The van der Waals surface area contributed by atoms with Crippen molar-refractivity contribution < 1.29 is 24.3 Å².